The van der Waals surface area contributed by atoms with E-state index < -0.39 is 11.9 Å². The zero-order valence-corrected chi connectivity index (χ0v) is 18.7. The highest BCUT2D eigenvalue weighted by atomic mass is 16.4. The minimum Gasteiger partial charge on any atom is -0.539 e. The first-order valence-corrected chi connectivity index (χ1v) is 10.5. The third-order valence-electron chi connectivity index (χ3n) is 5.87. The Labute approximate surface area is 183 Å². The van der Waals surface area contributed by atoms with Crippen LogP contribution in [0.15, 0.2) is 30.0 Å². The fourth-order valence-corrected chi connectivity index (χ4v) is 4.32. The lowest BCUT2D eigenvalue weighted by Crippen LogP contribution is -3.14. The Morgan fingerprint density at radius 2 is 1.74 bits per heavy atom. The van der Waals surface area contributed by atoms with Gasteiger partial charge in [0, 0.05) is 37.1 Å². The summed E-state index contributed by atoms with van der Waals surface area (Å²) in [7, 11) is 2.30. The minimum atomic E-state index is -2.07. The summed E-state index contributed by atoms with van der Waals surface area (Å²) in [5.41, 5.74) is 4.43. The molecule has 3 unspecified atom stereocenters. The topological polar surface area (TPSA) is 134 Å². The third-order valence-corrected chi connectivity index (χ3v) is 5.87. The number of quaternary nitrogens is 1. The molecule has 2 aliphatic heterocycles. The van der Waals surface area contributed by atoms with E-state index in [4.69, 9.17) is 19.8 Å². The predicted octanol–water partition coefficient (Wildman–Crippen LogP) is -0.125. The van der Waals surface area contributed by atoms with E-state index in [1.807, 2.05) is 12.1 Å². The van der Waals surface area contributed by atoms with Crippen LogP contribution < -0.4 is 10.0 Å². The lowest BCUT2D eigenvalue weighted by Gasteiger charge is -2.33. The van der Waals surface area contributed by atoms with E-state index in [9.17, 15) is 4.79 Å². The molecule has 0 aromatic heterocycles. The van der Waals surface area contributed by atoms with Crippen LogP contribution in [-0.2, 0) is 9.59 Å². The van der Waals surface area contributed by atoms with Crippen molar-refractivity contribution in [1.82, 2.24) is 4.90 Å². The Kier molecular flexibility index (Phi) is 9.87. The van der Waals surface area contributed by atoms with Gasteiger partial charge in [0.15, 0.2) is 5.97 Å². The second kappa shape index (κ2) is 11.6. The number of carboxylic acids is 2. The highest BCUT2D eigenvalue weighted by Crippen LogP contribution is 2.26. The van der Waals surface area contributed by atoms with Crippen LogP contribution in [0.5, 0.6) is 0 Å². The number of nitrogens with zero attached hydrogens (tertiary/aromatic N) is 1. The summed E-state index contributed by atoms with van der Waals surface area (Å²) >= 11 is 0. The van der Waals surface area contributed by atoms with E-state index >= 15 is 0 Å². The summed E-state index contributed by atoms with van der Waals surface area (Å²) in [4.78, 5) is 35.0. The van der Waals surface area contributed by atoms with Crippen LogP contribution in [0.25, 0.3) is 0 Å². The van der Waals surface area contributed by atoms with Crippen molar-refractivity contribution in [3.8, 4) is 0 Å². The number of nitrogens with one attached hydrogen (secondary N) is 1. The van der Waals surface area contributed by atoms with Crippen LogP contribution in [0.1, 0.15) is 60.5 Å². The molecule has 172 valence electrons. The maximum Gasteiger partial charge on any atom is 0.351 e. The molecule has 0 saturated carbocycles. The van der Waals surface area contributed by atoms with E-state index in [1.165, 1.54) is 18.5 Å². The van der Waals surface area contributed by atoms with Crippen molar-refractivity contribution in [3.05, 3.63) is 46.7 Å². The van der Waals surface area contributed by atoms with Gasteiger partial charge in [-0.25, -0.2) is 4.79 Å². The summed E-state index contributed by atoms with van der Waals surface area (Å²) in [6, 6.07) is 7.47. The Bertz CT molecular complexity index is 803. The van der Waals surface area contributed by atoms with Crippen LogP contribution in [0.2, 0.25) is 0 Å². The molecular weight excluding hydrogens is 400 g/mol. The van der Waals surface area contributed by atoms with Crippen LogP contribution >= 0.6 is 0 Å². The molecule has 3 atom stereocenters. The molecule has 0 aliphatic carbocycles. The van der Waals surface area contributed by atoms with Crippen LogP contribution in [0.4, 0.5) is 0 Å². The number of likely N-dealkylation sites (N-methyl/N-ethyl adjacent to an activating group) is 1. The molecule has 0 spiro atoms. The smallest absolute Gasteiger partial charge is 0.351 e. The normalized spacial score (nSPS) is 21.2. The monoisotopic (exact) mass is 434 g/mol. The lowest BCUT2D eigenvalue weighted by molar-refractivity contribution is -0.912. The first kappa shape index (κ1) is 26.3. The molecule has 1 saturated heterocycles. The molecule has 8 heteroatoms. The van der Waals surface area contributed by atoms with Gasteiger partial charge in [-0.05, 0) is 38.5 Å². The Balaban J connectivity index is 0.000000607. The van der Waals surface area contributed by atoms with E-state index in [1.54, 1.807) is 4.90 Å². The fourth-order valence-electron chi connectivity index (χ4n) is 4.32. The molecule has 1 aromatic carbocycles. The van der Waals surface area contributed by atoms with E-state index in [-0.39, 0.29) is 11.4 Å². The van der Waals surface area contributed by atoms with Gasteiger partial charge in [-0.2, -0.15) is 0 Å². The van der Waals surface area contributed by atoms with Crippen molar-refractivity contribution in [1.29, 1.82) is 0 Å². The number of aliphatic carboxylic acids is 2. The molecule has 3 rings (SSSR count). The number of hydrogen-bond acceptors (Lipinski definition) is 4. The molecule has 1 aromatic rings. The van der Waals surface area contributed by atoms with Crippen molar-refractivity contribution in [3.63, 3.8) is 0 Å². The van der Waals surface area contributed by atoms with Gasteiger partial charge in [0.2, 0.25) is 0 Å². The van der Waals surface area contributed by atoms with Crippen LogP contribution in [0.3, 0.4) is 0 Å². The Hall–Kier alpha value is -2.71. The number of fused-ring (bicyclic) bond motifs is 2. The first-order valence-electron chi connectivity index (χ1n) is 10.5. The van der Waals surface area contributed by atoms with E-state index in [2.05, 4.69) is 44.9 Å². The molecule has 0 radical (unpaired) electrons. The fraction of sp³-hybridized carbons (Fsp3) is 0.522. The first-order chi connectivity index (χ1) is 14.1. The Morgan fingerprint density at radius 3 is 2.23 bits per heavy atom. The summed E-state index contributed by atoms with van der Waals surface area (Å²) in [5, 5.41) is 16.3. The van der Waals surface area contributed by atoms with Crippen molar-refractivity contribution < 1.29 is 35.0 Å². The van der Waals surface area contributed by atoms with Gasteiger partial charge in [-0.1, -0.05) is 30.5 Å². The van der Waals surface area contributed by atoms with Gasteiger partial charge in [-0.15, -0.1) is 0 Å². The number of hydrogen-bond donors (Lipinski definition) is 2. The van der Waals surface area contributed by atoms with Gasteiger partial charge >= 0.3 is 5.97 Å². The maximum atomic E-state index is 13.2. The van der Waals surface area contributed by atoms with Gasteiger partial charge in [-0.3, -0.25) is 4.79 Å². The summed E-state index contributed by atoms with van der Waals surface area (Å²) in [6.45, 7) is 7.17. The second-order valence-corrected chi connectivity index (χ2v) is 8.27. The number of amides is 1. The number of carbonyl (C=O) groups excluding carboxylic acids is 2. The van der Waals surface area contributed by atoms with Gasteiger partial charge in [0.1, 0.15) is 6.04 Å². The van der Waals surface area contributed by atoms with Crippen molar-refractivity contribution >= 4 is 17.8 Å². The number of unbranched alkanes of at least 4 members (excludes halogenated alkanes) is 1. The van der Waals surface area contributed by atoms with Crippen molar-refractivity contribution in [2.24, 2.45) is 0 Å². The molecule has 2 bridgehead atoms. The molecule has 2 aliphatic rings. The molecule has 8 nitrogen and oxygen atoms in total. The number of carbonyl (C=O) groups is 3. The SMILES string of the molecule is CCCCN(C(=O)c1cc(C)cc(C)c1)C1=CC2CCC(C1)[NH+]2C.O.O=C([O-])C(=O)O. The predicted molar refractivity (Wildman–Crippen MR) is 115 cm³/mol. The van der Waals surface area contributed by atoms with Crippen molar-refractivity contribution in [2.75, 3.05) is 13.6 Å². The minimum absolute atomic E-state index is 0. The van der Waals surface area contributed by atoms with Gasteiger partial charge in [0.05, 0.1) is 13.1 Å². The van der Waals surface area contributed by atoms with Crippen LogP contribution in [-0.4, -0.2) is 59.0 Å². The molecule has 1 amide bonds. The lowest BCUT2D eigenvalue weighted by atomic mass is 10.0. The Morgan fingerprint density at radius 1 is 1.16 bits per heavy atom. The highest BCUT2D eigenvalue weighted by Gasteiger charge is 2.39. The van der Waals surface area contributed by atoms with Gasteiger partial charge in [0.25, 0.3) is 5.91 Å². The number of benzene rings is 1. The average Bonchev–Trinajstić information content (AvgIpc) is 2.88. The van der Waals surface area contributed by atoms with Gasteiger partial charge < -0.3 is 30.3 Å². The largest absolute Gasteiger partial charge is 0.539 e. The second-order valence-electron chi connectivity index (χ2n) is 8.27. The standard InChI is InChI=1S/C21H30N2O.C2H2O4.H2O/c1-5-6-9-23(20-13-18-7-8-19(14-20)22(18)4)21(24)17-11-15(2)10-16(3)12-17;3-1(4)2(5)6;/h10-13,18-19H,5-9,14H2,1-4H3;(H,3,4)(H,5,6);1H2. The molecule has 2 heterocycles. The quantitative estimate of drug-likeness (QED) is 0.623. The number of rotatable bonds is 5. The molecule has 1 fully saturated rings. The zero-order chi connectivity index (χ0) is 22.4. The molecule has 31 heavy (non-hydrogen) atoms. The van der Waals surface area contributed by atoms with E-state index in [0.29, 0.717) is 12.1 Å². The average molecular weight is 435 g/mol. The zero-order valence-electron chi connectivity index (χ0n) is 18.7. The van der Waals surface area contributed by atoms with Crippen LogP contribution in [0, 0.1) is 13.8 Å². The summed E-state index contributed by atoms with van der Waals surface area (Å²) in [6.07, 6.45) is 8.15. The molecule has 4 N–H and O–H groups in total. The summed E-state index contributed by atoms with van der Waals surface area (Å²) < 4.78 is 0. The maximum absolute atomic E-state index is 13.2. The number of aryl methyl sites for hydroxylation is 2. The van der Waals surface area contributed by atoms with E-state index in [0.717, 1.165) is 42.5 Å². The summed E-state index contributed by atoms with van der Waals surface area (Å²) in [5.74, 6) is -3.83. The van der Waals surface area contributed by atoms with Crippen molar-refractivity contribution in [2.45, 2.75) is 65.0 Å². The molecular formula is C23H34N2O6. The highest BCUT2D eigenvalue weighted by molar-refractivity contribution is 6.26. The third kappa shape index (κ3) is 6.90. The number of carboxylic acid groups (broad SMARTS) is 2.